The van der Waals surface area contributed by atoms with Gasteiger partial charge in [0.2, 0.25) is 0 Å². The molecular formula is C12H13BrN4. The number of benzene rings is 1. The van der Waals surface area contributed by atoms with Gasteiger partial charge < -0.3 is 11.1 Å². The number of nitrogens with two attached hydrogens (primary N) is 1. The second-order valence-corrected chi connectivity index (χ2v) is 4.63. The Bertz CT molecular complexity index is 531. The van der Waals surface area contributed by atoms with Crippen LogP contribution in [0.3, 0.4) is 0 Å². The summed E-state index contributed by atoms with van der Waals surface area (Å²) in [6.45, 7) is 4.09. The maximum atomic E-state index is 5.73. The predicted octanol–water partition coefficient (Wildman–Crippen LogP) is 3.18. The first-order chi connectivity index (χ1) is 8.08. The molecule has 0 radical (unpaired) electrons. The lowest BCUT2D eigenvalue weighted by Gasteiger charge is -2.10. The Morgan fingerprint density at radius 1 is 1.12 bits per heavy atom. The second-order valence-electron chi connectivity index (χ2n) is 3.84. The Morgan fingerprint density at radius 3 is 2.29 bits per heavy atom. The van der Waals surface area contributed by atoms with Gasteiger partial charge in [0.15, 0.2) is 11.6 Å². The van der Waals surface area contributed by atoms with E-state index in [-0.39, 0.29) is 0 Å². The summed E-state index contributed by atoms with van der Waals surface area (Å²) in [5.41, 5.74) is 9.01. The summed E-state index contributed by atoms with van der Waals surface area (Å²) in [7, 11) is 0. The van der Waals surface area contributed by atoms with Gasteiger partial charge in [-0.2, -0.15) is 0 Å². The van der Waals surface area contributed by atoms with Crippen molar-refractivity contribution in [3.8, 4) is 0 Å². The molecule has 17 heavy (non-hydrogen) atoms. The number of rotatable bonds is 2. The van der Waals surface area contributed by atoms with Crippen molar-refractivity contribution in [2.24, 2.45) is 0 Å². The molecule has 0 aliphatic carbocycles. The lowest BCUT2D eigenvalue weighted by atomic mass is 10.1. The van der Waals surface area contributed by atoms with Gasteiger partial charge in [0.1, 0.15) is 0 Å². The molecule has 3 N–H and O–H groups in total. The van der Waals surface area contributed by atoms with E-state index in [1.165, 1.54) is 0 Å². The van der Waals surface area contributed by atoms with Crippen LogP contribution in [0.15, 0.2) is 29.0 Å². The fourth-order valence-corrected chi connectivity index (χ4v) is 1.83. The number of hydrogen-bond acceptors (Lipinski definition) is 4. The maximum absolute atomic E-state index is 5.73. The van der Waals surface area contributed by atoms with Crippen LogP contribution in [-0.4, -0.2) is 9.97 Å². The molecule has 1 aromatic carbocycles. The lowest BCUT2D eigenvalue weighted by Crippen LogP contribution is -2.01. The summed E-state index contributed by atoms with van der Waals surface area (Å²) in [5, 5.41) is 3.16. The fourth-order valence-electron chi connectivity index (χ4n) is 1.60. The molecule has 4 nitrogen and oxygen atoms in total. The monoisotopic (exact) mass is 292 g/mol. The van der Waals surface area contributed by atoms with Crippen LogP contribution in [0.1, 0.15) is 11.1 Å². The summed E-state index contributed by atoms with van der Waals surface area (Å²) >= 11 is 3.53. The average Bonchev–Trinajstić information content (AvgIpc) is 2.29. The van der Waals surface area contributed by atoms with Gasteiger partial charge in [0, 0.05) is 22.6 Å². The number of hydrogen-bond donors (Lipinski definition) is 2. The van der Waals surface area contributed by atoms with Gasteiger partial charge in [-0.3, -0.25) is 0 Å². The zero-order chi connectivity index (χ0) is 12.4. The minimum Gasteiger partial charge on any atom is -0.381 e. The fraction of sp³-hybridized carbons (Fsp3) is 0.167. The molecule has 0 saturated carbocycles. The van der Waals surface area contributed by atoms with Gasteiger partial charge in [0.05, 0.1) is 0 Å². The van der Waals surface area contributed by atoms with Crippen LogP contribution in [0.4, 0.5) is 17.3 Å². The van der Waals surface area contributed by atoms with Gasteiger partial charge in [-0.25, -0.2) is 9.97 Å². The molecule has 0 spiro atoms. The highest BCUT2D eigenvalue weighted by molar-refractivity contribution is 9.10. The van der Waals surface area contributed by atoms with Gasteiger partial charge in [-0.05, 0) is 37.1 Å². The number of nitrogens with zero attached hydrogens (tertiary/aromatic N) is 2. The van der Waals surface area contributed by atoms with Crippen LogP contribution in [0.25, 0.3) is 0 Å². The molecule has 1 heterocycles. The van der Waals surface area contributed by atoms with Crippen molar-refractivity contribution in [3.63, 3.8) is 0 Å². The summed E-state index contributed by atoms with van der Waals surface area (Å²) in [6, 6.07) is 4.07. The second kappa shape index (κ2) is 4.71. The standard InChI is InChI=1S/C12H13BrN4/c1-7-5-9(6-8(2)10(7)13)17-12-11(14)15-3-4-16-12/h3-6H,1-2H3,(H2,14,15)(H,16,17). The Kier molecular flexibility index (Phi) is 3.28. The third kappa shape index (κ3) is 2.55. The van der Waals surface area contributed by atoms with Gasteiger partial charge in [-0.1, -0.05) is 15.9 Å². The van der Waals surface area contributed by atoms with Crippen LogP contribution in [0.5, 0.6) is 0 Å². The molecule has 88 valence electrons. The molecule has 0 unspecified atom stereocenters. The van der Waals surface area contributed by atoms with E-state index in [4.69, 9.17) is 5.73 Å². The zero-order valence-corrected chi connectivity index (χ0v) is 11.2. The molecule has 0 bridgehead atoms. The van der Waals surface area contributed by atoms with Crippen LogP contribution in [-0.2, 0) is 0 Å². The van der Waals surface area contributed by atoms with E-state index in [0.29, 0.717) is 11.6 Å². The van der Waals surface area contributed by atoms with E-state index in [0.717, 1.165) is 21.3 Å². The predicted molar refractivity (Wildman–Crippen MR) is 73.3 cm³/mol. The van der Waals surface area contributed by atoms with E-state index in [2.05, 4.69) is 31.2 Å². The lowest BCUT2D eigenvalue weighted by molar-refractivity contribution is 1.20. The number of nitrogens with one attached hydrogen (secondary N) is 1. The first-order valence-corrected chi connectivity index (χ1v) is 5.97. The number of halogens is 1. The van der Waals surface area contributed by atoms with E-state index in [1.807, 2.05) is 26.0 Å². The summed E-state index contributed by atoms with van der Waals surface area (Å²) in [6.07, 6.45) is 3.18. The molecule has 2 aromatic rings. The number of aromatic nitrogens is 2. The Hall–Kier alpha value is -1.62. The van der Waals surface area contributed by atoms with Crippen molar-refractivity contribution in [3.05, 3.63) is 40.1 Å². The Labute approximate surface area is 108 Å². The van der Waals surface area contributed by atoms with Gasteiger partial charge in [0.25, 0.3) is 0 Å². The third-order valence-corrected chi connectivity index (χ3v) is 3.68. The van der Waals surface area contributed by atoms with Gasteiger partial charge >= 0.3 is 0 Å². The van der Waals surface area contributed by atoms with E-state index in [9.17, 15) is 0 Å². The number of nitrogen functional groups attached to an aromatic ring is 1. The molecule has 0 aliphatic rings. The van der Waals surface area contributed by atoms with Crippen molar-refractivity contribution in [1.82, 2.24) is 9.97 Å². The molecule has 0 amide bonds. The molecular weight excluding hydrogens is 280 g/mol. The molecule has 2 rings (SSSR count). The molecule has 0 atom stereocenters. The number of anilines is 3. The zero-order valence-electron chi connectivity index (χ0n) is 9.66. The normalized spacial score (nSPS) is 10.3. The van der Waals surface area contributed by atoms with E-state index in [1.54, 1.807) is 12.4 Å². The summed E-state index contributed by atoms with van der Waals surface area (Å²) < 4.78 is 1.12. The van der Waals surface area contributed by atoms with Crippen molar-refractivity contribution < 1.29 is 0 Å². The Morgan fingerprint density at radius 2 is 1.71 bits per heavy atom. The topological polar surface area (TPSA) is 63.8 Å². The van der Waals surface area contributed by atoms with Crippen LogP contribution < -0.4 is 11.1 Å². The average molecular weight is 293 g/mol. The summed E-state index contributed by atoms with van der Waals surface area (Å²) in [4.78, 5) is 8.13. The van der Waals surface area contributed by atoms with Crippen molar-refractivity contribution >= 4 is 33.3 Å². The summed E-state index contributed by atoms with van der Waals surface area (Å²) in [5.74, 6) is 0.972. The highest BCUT2D eigenvalue weighted by Crippen LogP contribution is 2.27. The quantitative estimate of drug-likeness (QED) is 0.892. The highest BCUT2D eigenvalue weighted by Gasteiger charge is 2.05. The first-order valence-electron chi connectivity index (χ1n) is 5.18. The third-order valence-electron chi connectivity index (χ3n) is 2.43. The van der Waals surface area contributed by atoms with Crippen LogP contribution in [0.2, 0.25) is 0 Å². The maximum Gasteiger partial charge on any atom is 0.173 e. The highest BCUT2D eigenvalue weighted by atomic mass is 79.9. The van der Waals surface area contributed by atoms with Crippen molar-refractivity contribution in [2.45, 2.75) is 13.8 Å². The SMILES string of the molecule is Cc1cc(Nc2nccnc2N)cc(C)c1Br. The molecule has 5 heteroatoms. The van der Waals surface area contributed by atoms with Crippen molar-refractivity contribution in [2.75, 3.05) is 11.1 Å². The van der Waals surface area contributed by atoms with Crippen LogP contribution in [0, 0.1) is 13.8 Å². The molecule has 1 aromatic heterocycles. The molecule has 0 saturated heterocycles. The van der Waals surface area contributed by atoms with Crippen molar-refractivity contribution in [1.29, 1.82) is 0 Å². The minimum atomic E-state index is 0.394. The largest absolute Gasteiger partial charge is 0.381 e. The first kappa shape index (κ1) is 11.9. The smallest absolute Gasteiger partial charge is 0.173 e. The molecule has 0 aliphatic heterocycles. The molecule has 0 fully saturated rings. The van der Waals surface area contributed by atoms with Crippen LogP contribution >= 0.6 is 15.9 Å². The van der Waals surface area contributed by atoms with E-state index >= 15 is 0 Å². The van der Waals surface area contributed by atoms with Gasteiger partial charge in [-0.15, -0.1) is 0 Å². The Balaban J connectivity index is 2.34. The van der Waals surface area contributed by atoms with E-state index < -0.39 is 0 Å². The number of aryl methyl sites for hydroxylation is 2. The minimum absolute atomic E-state index is 0.394.